The highest BCUT2D eigenvalue weighted by atomic mass is 14.8. The zero-order valence-electron chi connectivity index (χ0n) is 8.78. The number of hydrogen-bond donors (Lipinski definition) is 0. The Morgan fingerprint density at radius 1 is 0.917 bits per heavy atom. The van der Waals surface area contributed by atoms with Crippen LogP contribution in [-0.4, -0.2) is 0 Å². The lowest BCUT2D eigenvalue weighted by Gasteiger charge is -2.45. The van der Waals surface area contributed by atoms with Crippen molar-refractivity contribution in [2.24, 2.45) is 28.1 Å². The molecule has 3 rings (SSSR count). The van der Waals surface area contributed by atoms with Crippen LogP contribution in [0.4, 0.5) is 0 Å². The van der Waals surface area contributed by atoms with Gasteiger partial charge in [0, 0.05) is 0 Å². The molecule has 0 saturated heterocycles. The molecule has 0 heteroatoms. The Labute approximate surface area is 75.7 Å². The summed E-state index contributed by atoms with van der Waals surface area (Å²) in [4.78, 5) is 0. The first-order chi connectivity index (χ1) is 5.40. The van der Waals surface area contributed by atoms with Crippen molar-refractivity contribution in [1.82, 2.24) is 0 Å². The van der Waals surface area contributed by atoms with Crippen LogP contribution in [0.5, 0.6) is 0 Å². The average molecular weight is 164 g/mol. The summed E-state index contributed by atoms with van der Waals surface area (Å²) in [5.41, 5.74) is 2.11. The van der Waals surface area contributed by atoms with Gasteiger partial charge in [-0.25, -0.2) is 0 Å². The van der Waals surface area contributed by atoms with Gasteiger partial charge in [-0.2, -0.15) is 0 Å². The topological polar surface area (TPSA) is 0 Å². The van der Waals surface area contributed by atoms with E-state index in [4.69, 9.17) is 0 Å². The lowest BCUT2D eigenvalue weighted by atomic mass is 9.59. The Morgan fingerprint density at radius 3 is 2.25 bits per heavy atom. The lowest BCUT2D eigenvalue weighted by Crippen LogP contribution is -2.38. The van der Waals surface area contributed by atoms with E-state index in [0.717, 1.165) is 17.3 Å². The molecule has 0 aromatic rings. The first-order valence-corrected chi connectivity index (χ1v) is 5.40. The predicted octanol–water partition coefficient (Wildman–Crippen LogP) is 3.47. The van der Waals surface area contributed by atoms with E-state index in [0.29, 0.717) is 10.8 Å². The Bertz CT molecular complexity index is 249. The van der Waals surface area contributed by atoms with Crippen molar-refractivity contribution in [3.05, 3.63) is 0 Å². The molecule has 3 saturated carbocycles. The van der Waals surface area contributed by atoms with Crippen LogP contribution in [0.1, 0.15) is 47.0 Å². The minimum Gasteiger partial charge on any atom is -0.0594 e. The number of hydrogen-bond acceptors (Lipinski definition) is 0. The molecule has 3 aliphatic carbocycles. The van der Waals surface area contributed by atoms with E-state index >= 15 is 0 Å². The van der Waals surface area contributed by atoms with Gasteiger partial charge in [0.05, 0.1) is 0 Å². The molecule has 0 nitrogen and oxygen atoms in total. The molecule has 0 heterocycles. The third-order valence-corrected chi connectivity index (χ3v) is 5.77. The summed E-state index contributed by atoms with van der Waals surface area (Å²) in [6, 6.07) is 0. The van der Waals surface area contributed by atoms with Gasteiger partial charge in [-0.1, -0.05) is 27.7 Å². The van der Waals surface area contributed by atoms with Crippen LogP contribution in [0.25, 0.3) is 0 Å². The molecule has 12 heavy (non-hydrogen) atoms. The van der Waals surface area contributed by atoms with Gasteiger partial charge in [0.25, 0.3) is 0 Å². The quantitative estimate of drug-likeness (QED) is 0.514. The van der Waals surface area contributed by atoms with E-state index in [-0.39, 0.29) is 0 Å². The third kappa shape index (κ3) is 0.561. The molecule has 0 aromatic carbocycles. The molecule has 0 N–H and O–H groups in total. The molecule has 3 unspecified atom stereocenters. The second-order valence-corrected chi connectivity index (χ2v) is 6.70. The Balaban J connectivity index is 2.01. The van der Waals surface area contributed by atoms with E-state index in [1.54, 1.807) is 12.8 Å². The molecule has 3 atom stereocenters. The summed E-state index contributed by atoms with van der Waals surface area (Å²) in [5, 5.41) is 0. The minimum atomic E-state index is 0.596. The highest BCUT2D eigenvalue weighted by Gasteiger charge is 2.78. The molecule has 0 amide bonds. The van der Waals surface area contributed by atoms with Gasteiger partial charge in [0.2, 0.25) is 0 Å². The zero-order chi connectivity index (χ0) is 8.78. The van der Waals surface area contributed by atoms with Crippen LogP contribution in [-0.2, 0) is 0 Å². The van der Waals surface area contributed by atoms with E-state index in [2.05, 4.69) is 27.7 Å². The standard InChI is InChI=1S/C12H20/c1-10(2)5-8-6-12(8)7-9(12)11(10,3)4/h8-9H,5-7H2,1-4H3. The van der Waals surface area contributed by atoms with Crippen molar-refractivity contribution in [2.75, 3.05) is 0 Å². The highest BCUT2D eigenvalue weighted by molar-refractivity contribution is 5.27. The molecule has 1 spiro atoms. The van der Waals surface area contributed by atoms with Crippen LogP contribution in [0.3, 0.4) is 0 Å². The smallest absolute Gasteiger partial charge is 0.0229 e. The van der Waals surface area contributed by atoms with E-state index in [1.165, 1.54) is 6.42 Å². The first-order valence-electron chi connectivity index (χ1n) is 5.40. The molecular formula is C12H20. The average Bonchev–Trinajstić information content (AvgIpc) is 2.72. The van der Waals surface area contributed by atoms with Crippen molar-refractivity contribution < 1.29 is 0 Å². The van der Waals surface area contributed by atoms with Crippen molar-refractivity contribution in [3.63, 3.8) is 0 Å². The van der Waals surface area contributed by atoms with Crippen molar-refractivity contribution in [1.29, 1.82) is 0 Å². The van der Waals surface area contributed by atoms with Crippen LogP contribution >= 0.6 is 0 Å². The second-order valence-electron chi connectivity index (χ2n) is 6.70. The normalized spacial score (nSPS) is 57.0. The minimum absolute atomic E-state index is 0.596. The maximum Gasteiger partial charge on any atom is -0.0229 e. The zero-order valence-corrected chi connectivity index (χ0v) is 8.78. The molecule has 0 aromatic heterocycles. The highest BCUT2D eigenvalue weighted by Crippen LogP contribution is 2.86. The van der Waals surface area contributed by atoms with Gasteiger partial charge >= 0.3 is 0 Å². The van der Waals surface area contributed by atoms with Crippen LogP contribution in [0, 0.1) is 28.1 Å². The monoisotopic (exact) mass is 164 g/mol. The van der Waals surface area contributed by atoms with Gasteiger partial charge in [-0.05, 0) is 47.3 Å². The number of rotatable bonds is 0. The molecular weight excluding hydrogens is 144 g/mol. The molecule has 68 valence electrons. The van der Waals surface area contributed by atoms with Crippen LogP contribution in [0.2, 0.25) is 0 Å². The Morgan fingerprint density at radius 2 is 1.58 bits per heavy atom. The molecule has 0 bridgehead atoms. The van der Waals surface area contributed by atoms with Crippen LogP contribution in [0.15, 0.2) is 0 Å². The lowest BCUT2D eigenvalue weighted by molar-refractivity contribution is 0.0346. The van der Waals surface area contributed by atoms with Gasteiger partial charge < -0.3 is 0 Å². The van der Waals surface area contributed by atoms with Crippen molar-refractivity contribution in [2.45, 2.75) is 47.0 Å². The summed E-state index contributed by atoms with van der Waals surface area (Å²) in [5.74, 6) is 2.21. The summed E-state index contributed by atoms with van der Waals surface area (Å²) in [7, 11) is 0. The maximum atomic E-state index is 2.50. The van der Waals surface area contributed by atoms with Crippen LogP contribution < -0.4 is 0 Å². The maximum absolute atomic E-state index is 2.50. The van der Waals surface area contributed by atoms with Gasteiger partial charge in [0.1, 0.15) is 0 Å². The third-order valence-electron chi connectivity index (χ3n) is 5.77. The van der Waals surface area contributed by atoms with Gasteiger partial charge in [0.15, 0.2) is 0 Å². The summed E-state index contributed by atoms with van der Waals surface area (Å²) in [6.07, 6.45) is 4.63. The Kier molecular flexibility index (Phi) is 0.932. The van der Waals surface area contributed by atoms with Crippen molar-refractivity contribution in [3.8, 4) is 0 Å². The predicted molar refractivity (Wildman–Crippen MR) is 50.8 cm³/mol. The summed E-state index contributed by atoms with van der Waals surface area (Å²) >= 11 is 0. The summed E-state index contributed by atoms with van der Waals surface area (Å²) < 4.78 is 0. The fraction of sp³-hybridized carbons (Fsp3) is 1.00. The second kappa shape index (κ2) is 1.51. The molecule has 3 aliphatic rings. The SMILES string of the molecule is CC1(C)CC2CC23CC3C1(C)C. The van der Waals surface area contributed by atoms with E-state index in [1.807, 2.05) is 0 Å². The summed E-state index contributed by atoms with van der Waals surface area (Å²) in [6.45, 7) is 9.96. The fourth-order valence-electron chi connectivity index (χ4n) is 4.00. The first kappa shape index (κ1) is 7.41. The Hall–Kier alpha value is 0. The molecule has 0 radical (unpaired) electrons. The van der Waals surface area contributed by atoms with Gasteiger partial charge in [-0.3, -0.25) is 0 Å². The van der Waals surface area contributed by atoms with Gasteiger partial charge in [-0.15, -0.1) is 0 Å². The van der Waals surface area contributed by atoms with E-state index in [9.17, 15) is 0 Å². The van der Waals surface area contributed by atoms with E-state index < -0.39 is 0 Å². The molecule has 0 aliphatic heterocycles. The fourth-order valence-corrected chi connectivity index (χ4v) is 4.00. The largest absolute Gasteiger partial charge is 0.0594 e. The molecule has 3 fully saturated rings. The van der Waals surface area contributed by atoms with Crippen molar-refractivity contribution >= 4 is 0 Å².